The van der Waals surface area contributed by atoms with Gasteiger partial charge in [0.2, 0.25) is 5.91 Å². The quantitative estimate of drug-likeness (QED) is 0.715. The summed E-state index contributed by atoms with van der Waals surface area (Å²) in [5, 5.41) is 14.1. The zero-order valence-corrected chi connectivity index (χ0v) is 12.0. The van der Waals surface area contributed by atoms with Crippen molar-refractivity contribution in [1.29, 1.82) is 0 Å². The van der Waals surface area contributed by atoms with E-state index in [0.717, 1.165) is 0 Å². The minimum atomic E-state index is -1.14. The molecule has 7 heteroatoms. The molecule has 0 radical (unpaired) electrons. The van der Waals surface area contributed by atoms with Crippen molar-refractivity contribution in [1.82, 2.24) is 15.5 Å². The molecule has 1 atom stereocenters. The number of carbonyl (C=O) groups excluding carboxylic acids is 2. The second-order valence-corrected chi connectivity index (χ2v) is 4.48. The van der Waals surface area contributed by atoms with Crippen LogP contribution in [0.15, 0.2) is 30.3 Å². The predicted molar refractivity (Wildman–Crippen MR) is 76.7 cm³/mol. The van der Waals surface area contributed by atoms with Gasteiger partial charge in [0.05, 0.1) is 0 Å². The zero-order chi connectivity index (χ0) is 15.8. The molecule has 114 valence electrons. The summed E-state index contributed by atoms with van der Waals surface area (Å²) in [6, 6.07) is 6.75. The number of hydrogen-bond acceptors (Lipinski definition) is 3. The van der Waals surface area contributed by atoms with Gasteiger partial charge in [-0.2, -0.15) is 0 Å². The van der Waals surface area contributed by atoms with Crippen molar-refractivity contribution in [3.63, 3.8) is 0 Å². The van der Waals surface area contributed by atoms with Gasteiger partial charge in [-0.3, -0.25) is 4.79 Å². The molecule has 7 nitrogen and oxygen atoms in total. The topological polar surface area (TPSA) is 98.7 Å². The van der Waals surface area contributed by atoms with Crippen molar-refractivity contribution in [2.24, 2.45) is 0 Å². The molecule has 3 N–H and O–H groups in total. The largest absolute Gasteiger partial charge is 0.479 e. The maximum Gasteiger partial charge on any atom is 0.330 e. The molecule has 1 rings (SSSR count). The van der Waals surface area contributed by atoms with Crippen molar-refractivity contribution in [2.75, 3.05) is 20.6 Å². The van der Waals surface area contributed by atoms with Gasteiger partial charge in [0.25, 0.3) is 0 Å². The average Bonchev–Trinajstić information content (AvgIpc) is 2.49. The van der Waals surface area contributed by atoms with Crippen LogP contribution in [0, 0.1) is 0 Å². The average molecular weight is 293 g/mol. The molecular weight excluding hydrogens is 274 g/mol. The second-order valence-electron chi connectivity index (χ2n) is 4.48. The minimum Gasteiger partial charge on any atom is -0.479 e. The highest BCUT2D eigenvalue weighted by atomic mass is 16.4. The van der Waals surface area contributed by atoms with Crippen molar-refractivity contribution in [3.8, 4) is 0 Å². The highest BCUT2D eigenvalue weighted by Crippen LogP contribution is 2.13. The van der Waals surface area contributed by atoms with Gasteiger partial charge in [-0.25, -0.2) is 9.59 Å². The number of benzene rings is 1. The van der Waals surface area contributed by atoms with E-state index in [1.807, 2.05) is 0 Å². The van der Waals surface area contributed by atoms with Crippen molar-refractivity contribution in [3.05, 3.63) is 35.9 Å². The van der Waals surface area contributed by atoms with E-state index in [2.05, 4.69) is 10.6 Å². The summed E-state index contributed by atoms with van der Waals surface area (Å²) < 4.78 is 0. The van der Waals surface area contributed by atoms with Gasteiger partial charge in [0.1, 0.15) is 0 Å². The number of carboxylic acid groups (broad SMARTS) is 1. The van der Waals surface area contributed by atoms with E-state index >= 15 is 0 Å². The number of nitrogens with zero attached hydrogens (tertiary/aromatic N) is 1. The Morgan fingerprint density at radius 2 is 1.86 bits per heavy atom. The van der Waals surface area contributed by atoms with Crippen LogP contribution < -0.4 is 10.6 Å². The van der Waals surface area contributed by atoms with Crippen molar-refractivity contribution < 1.29 is 19.5 Å². The molecule has 0 saturated heterocycles. The smallest absolute Gasteiger partial charge is 0.330 e. The first-order valence-corrected chi connectivity index (χ1v) is 6.45. The molecule has 0 aliphatic carbocycles. The van der Waals surface area contributed by atoms with Crippen LogP contribution in [0.1, 0.15) is 18.0 Å². The molecule has 0 aromatic heterocycles. The maximum atomic E-state index is 12.0. The minimum absolute atomic E-state index is 0.156. The summed E-state index contributed by atoms with van der Waals surface area (Å²) in [5.41, 5.74) is 0.484. The third-order valence-electron chi connectivity index (χ3n) is 2.95. The fraction of sp³-hybridized carbons (Fsp3) is 0.357. The van der Waals surface area contributed by atoms with Gasteiger partial charge >= 0.3 is 12.0 Å². The maximum absolute atomic E-state index is 12.0. The van der Waals surface area contributed by atoms with Crippen LogP contribution in [0.3, 0.4) is 0 Å². The zero-order valence-electron chi connectivity index (χ0n) is 12.0. The monoisotopic (exact) mass is 293 g/mol. The Balaban J connectivity index is 2.65. The van der Waals surface area contributed by atoms with E-state index in [4.69, 9.17) is 0 Å². The standard InChI is InChI=1S/C14H19N3O4/c1-15-11(18)8-9-17(2)14(21)16-12(13(19)20)10-6-4-3-5-7-10/h3-7,12H,8-9H2,1-2H3,(H,15,18)(H,16,21)(H,19,20). The molecule has 1 unspecified atom stereocenters. The van der Waals surface area contributed by atoms with Gasteiger partial charge in [-0.05, 0) is 5.56 Å². The van der Waals surface area contributed by atoms with Gasteiger partial charge in [-0.1, -0.05) is 30.3 Å². The Morgan fingerprint density at radius 3 is 2.38 bits per heavy atom. The van der Waals surface area contributed by atoms with E-state index in [1.165, 1.54) is 19.0 Å². The fourth-order valence-electron chi connectivity index (χ4n) is 1.66. The highest BCUT2D eigenvalue weighted by molar-refractivity contribution is 5.84. The molecular formula is C14H19N3O4. The van der Waals surface area contributed by atoms with Crippen LogP contribution in [0.5, 0.6) is 0 Å². The number of carbonyl (C=O) groups is 3. The molecule has 0 spiro atoms. The summed E-state index contributed by atoms with van der Waals surface area (Å²) in [5.74, 6) is -1.33. The first-order chi connectivity index (χ1) is 9.95. The summed E-state index contributed by atoms with van der Waals surface area (Å²) in [7, 11) is 3.01. The number of aliphatic carboxylic acids is 1. The molecule has 0 saturated carbocycles. The molecule has 1 aromatic rings. The molecule has 0 fully saturated rings. The van der Waals surface area contributed by atoms with E-state index in [-0.39, 0.29) is 18.9 Å². The van der Waals surface area contributed by atoms with Crippen molar-refractivity contribution in [2.45, 2.75) is 12.5 Å². The number of urea groups is 1. The van der Waals surface area contributed by atoms with E-state index in [0.29, 0.717) is 5.56 Å². The Kier molecular flexibility index (Phi) is 6.19. The lowest BCUT2D eigenvalue weighted by atomic mass is 10.1. The highest BCUT2D eigenvalue weighted by Gasteiger charge is 2.23. The molecule has 3 amide bonds. The van der Waals surface area contributed by atoms with Crippen molar-refractivity contribution >= 4 is 17.9 Å². The number of hydrogen-bond donors (Lipinski definition) is 3. The lowest BCUT2D eigenvalue weighted by Crippen LogP contribution is -2.43. The third kappa shape index (κ3) is 5.13. The lowest BCUT2D eigenvalue weighted by Gasteiger charge is -2.21. The second kappa shape index (κ2) is 7.88. The Bertz CT molecular complexity index is 504. The Morgan fingerprint density at radius 1 is 1.24 bits per heavy atom. The summed E-state index contributed by atoms with van der Waals surface area (Å²) >= 11 is 0. The summed E-state index contributed by atoms with van der Waals surface area (Å²) in [6.45, 7) is 0.201. The predicted octanol–water partition coefficient (Wildman–Crippen LogP) is 0.590. The van der Waals surface area contributed by atoms with E-state index in [1.54, 1.807) is 30.3 Å². The van der Waals surface area contributed by atoms with Gasteiger partial charge in [0.15, 0.2) is 6.04 Å². The normalized spacial score (nSPS) is 11.3. The first-order valence-electron chi connectivity index (χ1n) is 6.45. The number of rotatable bonds is 6. The number of nitrogens with one attached hydrogen (secondary N) is 2. The summed E-state index contributed by atoms with van der Waals surface area (Å²) in [6.07, 6.45) is 0.156. The van der Waals surface area contributed by atoms with Gasteiger partial charge in [0, 0.05) is 27.1 Å². The van der Waals surface area contributed by atoms with Crippen LogP contribution in [0.4, 0.5) is 4.79 Å². The Labute approximate surface area is 122 Å². The molecule has 0 aliphatic rings. The molecule has 21 heavy (non-hydrogen) atoms. The molecule has 0 aliphatic heterocycles. The van der Waals surface area contributed by atoms with Crippen LogP contribution in [0.25, 0.3) is 0 Å². The molecule has 0 heterocycles. The van der Waals surface area contributed by atoms with Crippen LogP contribution in [0.2, 0.25) is 0 Å². The Hall–Kier alpha value is -2.57. The first kappa shape index (κ1) is 16.5. The number of carboxylic acids is 1. The molecule has 0 bridgehead atoms. The van der Waals surface area contributed by atoms with Gasteiger partial charge in [-0.15, -0.1) is 0 Å². The SMILES string of the molecule is CNC(=O)CCN(C)C(=O)NC(C(=O)O)c1ccccc1. The number of amides is 3. The van der Waals surface area contributed by atoms with Crippen LogP contribution in [-0.4, -0.2) is 48.6 Å². The van der Waals surface area contributed by atoms with Gasteiger partial charge < -0.3 is 20.6 Å². The van der Waals surface area contributed by atoms with E-state index in [9.17, 15) is 19.5 Å². The fourth-order valence-corrected chi connectivity index (χ4v) is 1.66. The van der Waals surface area contributed by atoms with Crippen LogP contribution in [-0.2, 0) is 9.59 Å². The molecule has 1 aromatic carbocycles. The third-order valence-corrected chi connectivity index (χ3v) is 2.95. The van der Waals surface area contributed by atoms with Crippen LogP contribution >= 0.6 is 0 Å². The summed E-state index contributed by atoms with van der Waals surface area (Å²) in [4.78, 5) is 35.6. The van der Waals surface area contributed by atoms with E-state index < -0.39 is 18.0 Å². The lowest BCUT2D eigenvalue weighted by molar-refractivity contribution is -0.139.